The Labute approximate surface area is 220 Å². The highest BCUT2D eigenvalue weighted by molar-refractivity contribution is 6.02. The topological polar surface area (TPSA) is 82.4 Å². The fourth-order valence-corrected chi connectivity index (χ4v) is 4.68. The van der Waals surface area contributed by atoms with E-state index in [-0.39, 0.29) is 24.5 Å². The first kappa shape index (κ1) is 26.9. The first-order valence-corrected chi connectivity index (χ1v) is 13.1. The summed E-state index contributed by atoms with van der Waals surface area (Å²) in [4.78, 5) is 30.9. The molecule has 0 aliphatic carbocycles. The van der Waals surface area contributed by atoms with Crippen molar-refractivity contribution in [3.05, 3.63) is 59.4 Å². The molecule has 3 amide bonds. The molecule has 1 fully saturated rings. The average Bonchev–Trinajstić information content (AvgIpc) is 3.48. The summed E-state index contributed by atoms with van der Waals surface area (Å²) in [6.07, 6.45) is 2.60. The second-order valence-corrected chi connectivity index (χ2v) is 11.0. The van der Waals surface area contributed by atoms with E-state index in [2.05, 4.69) is 34.5 Å². The summed E-state index contributed by atoms with van der Waals surface area (Å²) >= 11 is 0. The second kappa shape index (κ2) is 11.5. The van der Waals surface area contributed by atoms with Crippen molar-refractivity contribution in [1.82, 2.24) is 24.7 Å². The van der Waals surface area contributed by atoms with Crippen LogP contribution in [0.5, 0.6) is 0 Å². The van der Waals surface area contributed by atoms with Crippen LogP contribution in [-0.4, -0.2) is 88.5 Å². The highest BCUT2D eigenvalue weighted by Gasteiger charge is 2.35. The van der Waals surface area contributed by atoms with E-state index in [0.29, 0.717) is 32.7 Å². The zero-order valence-corrected chi connectivity index (χ0v) is 22.7. The number of aromatic nitrogens is 1. The van der Waals surface area contributed by atoms with Gasteiger partial charge in [-0.15, -0.1) is 0 Å². The molecule has 1 atom stereocenters. The average molecular weight is 509 g/mol. The number of carbonyl (C=O) groups excluding carboxylic acids is 2. The van der Waals surface area contributed by atoms with Crippen molar-refractivity contribution < 1.29 is 14.3 Å². The Hall–Kier alpha value is -3.17. The lowest BCUT2D eigenvalue weighted by Gasteiger charge is -2.32. The number of aryl methyl sites for hydroxylation is 2. The summed E-state index contributed by atoms with van der Waals surface area (Å²) in [7, 11) is 1.98. The minimum Gasteiger partial charge on any atom is -0.379 e. The zero-order valence-electron chi connectivity index (χ0n) is 22.7. The van der Waals surface area contributed by atoms with Crippen molar-refractivity contribution >= 4 is 17.6 Å². The van der Waals surface area contributed by atoms with Crippen LogP contribution in [0.15, 0.2) is 47.7 Å². The highest BCUT2D eigenvalue weighted by Crippen LogP contribution is 2.33. The molecule has 0 saturated carbocycles. The summed E-state index contributed by atoms with van der Waals surface area (Å²) in [5, 5.41) is 9.41. The Balaban J connectivity index is 1.56. The van der Waals surface area contributed by atoms with Crippen LogP contribution in [0, 0.1) is 6.92 Å². The molecule has 37 heavy (non-hydrogen) atoms. The number of urea groups is 1. The summed E-state index contributed by atoms with van der Waals surface area (Å²) in [6.45, 7) is 12.0. The first-order chi connectivity index (χ1) is 17.6. The van der Waals surface area contributed by atoms with Crippen LogP contribution >= 0.6 is 0 Å². The molecule has 200 valence electrons. The number of morpholine rings is 1. The number of ether oxygens (including phenoxy) is 1. The first-order valence-electron chi connectivity index (χ1n) is 13.1. The predicted molar refractivity (Wildman–Crippen MR) is 144 cm³/mol. The van der Waals surface area contributed by atoms with Crippen molar-refractivity contribution in [2.24, 2.45) is 12.1 Å². The molecule has 2 aliphatic rings. The van der Waals surface area contributed by atoms with Crippen LogP contribution in [0.4, 0.5) is 4.79 Å². The van der Waals surface area contributed by atoms with Crippen LogP contribution in [0.3, 0.4) is 0 Å². The summed E-state index contributed by atoms with van der Waals surface area (Å²) < 4.78 is 7.47. The smallest absolute Gasteiger partial charge is 0.318 e. The van der Waals surface area contributed by atoms with E-state index >= 15 is 0 Å². The Bertz CT molecular complexity index is 1110. The van der Waals surface area contributed by atoms with E-state index in [9.17, 15) is 9.59 Å². The molecule has 1 aromatic carbocycles. The number of rotatable bonds is 7. The Morgan fingerprint density at radius 1 is 1.14 bits per heavy atom. The van der Waals surface area contributed by atoms with Gasteiger partial charge in [-0.3, -0.25) is 9.69 Å². The van der Waals surface area contributed by atoms with Gasteiger partial charge in [0.2, 0.25) is 0 Å². The highest BCUT2D eigenvalue weighted by atomic mass is 16.5. The molecule has 0 spiro atoms. The number of nitrogens with zero attached hydrogens (tertiary/aromatic N) is 5. The summed E-state index contributed by atoms with van der Waals surface area (Å²) in [5.74, 6) is -0.194. The number of carbonyl (C=O) groups is 2. The number of amides is 3. The second-order valence-electron chi connectivity index (χ2n) is 11.0. The lowest BCUT2D eigenvalue weighted by molar-refractivity contribution is -0.133. The SMILES string of the molecule is Cc1ccc([C@H]2CC(c3cccn3C)=NN2C(=O)CN(CCN2CCOCC2)C(=O)NC(C)(C)C)cc1. The van der Waals surface area contributed by atoms with Gasteiger partial charge in [-0.2, -0.15) is 5.10 Å². The van der Waals surface area contributed by atoms with Gasteiger partial charge in [-0.1, -0.05) is 29.8 Å². The van der Waals surface area contributed by atoms with Crippen LogP contribution in [0.25, 0.3) is 0 Å². The molecular weight excluding hydrogens is 468 g/mol. The molecule has 2 aliphatic heterocycles. The van der Waals surface area contributed by atoms with Crippen LogP contribution < -0.4 is 5.32 Å². The van der Waals surface area contributed by atoms with Gasteiger partial charge in [0.25, 0.3) is 5.91 Å². The van der Waals surface area contributed by atoms with Gasteiger partial charge < -0.3 is 19.5 Å². The molecular formula is C28H40N6O3. The molecule has 1 saturated heterocycles. The van der Waals surface area contributed by atoms with Crippen molar-refractivity contribution in [2.45, 2.75) is 45.7 Å². The number of hydrogen-bond acceptors (Lipinski definition) is 5. The van der Waals surface area contributed by atoms with Gasteiger partial charge in [-0.25, -0.2) is 9.80 Å². The van der Waals surface area contributed by atoms with E-state index < -0.39 is 5.54 Å². The van der Waals surface area contributed by atoms with E-state index in [4.69, 9.17) is 9.84 Å². The van der Waals surface area contributed by atoms with Crippen LogP contribution in [0.1, 0.15) is 50.1 Å². The molecule has 2 aromatic rings. The molecule has 1 N–H and O–H groups in total. The Morgan fingerprint density at radius 3 is 2.46 bits per heavy atom. The van der Waals surface area contributed by atoms with E-state index in [1.807, 2.05) is 57.6 Å². The maximum absolute atomic E-state index is 13.8. The lowest BCUT2D eigenvalue weighted by Crippen LogP contribution is -2.53. The lowest BCUT2D eigenvalue weighted by atomic mass is 9.99. The summed E-state index contributed by atoms with van der Waals surface area (Å²) in [5.41, 5.74) is 3.64. The zero-order chi connectivity index (χ0) is 26.6. The van der Waals surface area contributed by atoms with Crippen LogP contribution in [0.2, 0.25) is 0 Å². The van der Waals surface area contributed by atoms with Gasteiger partial charge >= 0.3 is 6.03 Å². The minimum absolute atomic E-state index is 0.0431. The third kappa shape index (κ3) is 6.99. The van der Waals surface area contributed by atoms with Gasteiger partial charge in [0.15, 0.2) is 0 Å². The predicted octanol–water partition coefficient (Wildman–Crippen LogP) is 3.15. The molecule has 9 nitrogen and oxygen atoms in total. The van der Waals surface area contributed by atoms with E-state index in [1.54, 1.807) is 9.91 Å². The maximum Gasteiger partial charge on any atom is 0.318 e. The van der Waals surface area contributed by atoms with E-state index in [0.717, 1.165) is 35.6 Å². The minimum atomic E-state index is -0.409. The summed E-state index contributed by atoms with van der Waals surface area (Å²) in [6, 6.07) is 11.8. The van der Waals surface area contributed by atoms with Crippen LogP contribution in [-0.2, 0) is 16.6 Å². The fourth-order valence-electron chi connectivity index (χ4n) is 4.68. The number of benzene rings is 1. The molecule has 0 bridgehead atoms. The number of hydrazone groups is 1. The normalized spacial score (nSPS) is 18.6. The van der Waals surface area contributed by atoms with Crippen molar-refractivity contribution in [3.63, 3.8) is 0 Å². The van der Waals surface area contributed by atoms with Gasteiger partial charge in [-0.05, 0) is 45.4 Å². The van der Waals surface area contributed by atoms with Gasteiger partial charge in [0.1, 0.15) is 6.54 Å². The Kier molecular flexibility index (Phi) is 8.34. The van der Waals surface area contributed by atoms with Crippen molar-refractivity contribution in [1.29, 1.82) is 0 Å². The number of hydrogen-bond donors (Lipinski definition) is 1. The van der Waals surface area contributed by atoms with Crippen molar-refractivity contribution in [2.75, 3.05) is 45.9 Å². The molecule has 1 aromatic heterocycles. The van der Waals surface area contributed by atoms with E-state index in [1.165, 1.54) is 0 Å². The molecule has 0 unspecified atom stereocenters. The van der Waals surface area contributed by atoms with Gasteiger partial charge in [0, 0.05) is 51.4 Å². The van der Waals surface area contributed by atoms with Crippen molar-refractivity contribution in [3.8, 4) is 0 Å². The molecule has 9 heteroatoms. The maximum atomic E-state index is 13.8. The standard InChI is InChI=1S/C28H40N6O3/c1-21-8-10-22(11-9-21)25-19-23(24-7-6-12-31(24)5)30-34(25)26(35)20-33(27(36)29-28(2,3)4)14-13-32-15-17-37-18-16-32/h6-12,25H,13-20H2,1-5H3,(H,29,36)/t25-/m1/s1. The largest absolute Gasteiger partial charge is 0.379 e. The molecule has 4 rings (SSSR count). The third-order valence-corrected chi connectivity index (χ3v) is 6.75. The van der Waals surface area contributed by atoms with Gasteiger partial charge in [0.05, 0.1) is 30.7 Å². The monoisotopic (exact) mass is 508 g/mol. The molecule has 3 heterocycles. The third-order valence-electron chi connectivity index (χ3n) is 6.75. The quantitative estimate of drug-likeness (QED) is 0.623. The molecule has 0 radical (unpaired) electrons. The fraction of sp³-hybridized carbons (Fsp3) is 0.536. The number of nitrogens with one attached hydrogen (secondary N) is 1. The Morgan fingerprint density at radius 2 is 1.84 bits per heavy atom.